The largest absolute Gasteiger partial charge is 0.318 e. The normalized spacial score (nSPS) is 15.3. The summed E-state index contributed by atoms with van der Waals surface area (Å²) in [5, 5.41) is 0.539. The number of benzene rings is 1. The molecule has 1 fully saturated rings. The number of hydrazine groups is 1. The van der Waals surface area contributed by atoms with Gasteiger partial charge in [0.2, 0.25) is 5.82 Å². The highest BCUT2D eigenvalue weighted by Crippen LogP contribution is 2.31. The second kappa shape index (κ2) is 6.89. The number of nitrogens with zero attached hydrogens (tertiary/aromatic N) is 2. The van der Waals surface area contributed by atoms with Gasteiger partial charge in [-0.25, -0.2) is 5.84 Å². The molecular formula is C15H19ClN4O2. The standard InChI is InChI=1S/C15H18N4O2.ClH/c16-18-15(21)13-17-14(20)11-8-4-5-9-12(11)19(13)10-6-2-1-3-7-10;/h4-5,8-10H,1-3,6-7,16H2,(H,18,21);1H. The Morgan fingerprint density at radius 2 is 1.91 bits per heavy atom. The lowest BCUT2D eigenvalue weighted by Crippen LogP contribution is -2.36. The van der Waals surface area contributed by atoms with Crippen LogP contribution in [0.5, 0.6) is 0 Å². The van der Waals surface area contributed by atoms with Crippen LogP contribution in [0, 0.1) is 0 Å². The van der Waals surface area contributed by atoms with Gasteiger partial charge >= 0.3 is 5.91 Å². The number of aromatic nitrogens is 2. The molecule has 1 aromatic carbocycles. The number of nitrogens with two attached hydrogens (primary N) is 1. The highest BCUT2D eigenvalue weighted by Gasteiger charge is 2.23. The molecule has 3 rings (SSSR count). The Kier molecular flexibility index (Phi) is 5.15. The lowest BCUT2D eigenvalue weighted by Gasteiger charge is -2.27. The molecule has 6 nitrogen and oxygen atoms in total. The summed E-state index contributed by atoms with van der Waals surface area (Å²) < 4.78 is 1.89. The van der Waals surface area contributed by atoms with E-state index in [0.717, 1.165) is 31.2 Å². The summed E-state index contributed by atoms with van der Waals surface area (Å²) in [6.45, 7) is 0. The Bertz CT molecular complexity index is 738. The van der Waals surface area contributed by atoms with Crippen molar-refractivity contribution in [1.29, 1.82) is 0 Å². The average molecular weight is 323 g/mol. The number of hydrogen-bond acceptors (Lipinski definition) is 4. The van der Waals surface area contributed by atoms with Crippen LogP contribution in [0.15, 0.2) is 29.1 Å². The molecule has 118 valence electrons. The maximum absolute atomic E-state index is 12.1. The smallest absolute Gasteiger partial charge is 0.301 e. The minimum absolute atomic E-state index is 0. The van der Waals surface area contributed by atoms with Crippen LogP contribution in [0.1, 0.15) is 48.8 Å². The summed E-state index contributed by atoms with van der Waals surface area (Å²) in [5.74, 6) is 4.82. The number of fused-ring (bicyclic) bond motifs is 1. The Balaban J connectivity index is 0.00000176. The highest BCUT2D eigenvalue weighted by molar-refractivity contribution is 5.93. The summed E-state index contributed by atoms with van der Waals surface area (Å²) >= 11 is 0. The van der Waals surface area contributed by atoms with Crippen LogP contribution >= 0.6 is 12.4 Å². The fourth-order valence-corrected chi connectivity index (χ4v) is 3.12. The average Bonchev–Trinajstić information content (AvgIpc) is 2.55. The van der Waals surface area contributed by atoms with Gasteiger partial charge in [-0.3, -0.25) is 15.0 Å². The second-order valence-corrected chi connectivity index (χ2v) is 5.39. The number of rotatable bonds is 2. The molecule has 22 heavy (non-hydrogen) atoms. The Labute approximate surface area is 134 Å². The molecule has 0 atom stereocenters. The second-order valence-electron chi connectivity index (χ2n) is 5.39. The zero-order valence-electron chi connectivity index (χ0n) is 12.1. The summed E-state index contributed by atoms with van der Waals surface area (Å²) in [7, 11) is 0. The molecule has 7 heteroatoms. The zero-order chi connectivity index (χ0) is 14.8. The first kappa shape index (κ1) is 16.5. The fourth-order valence-electron chi connectivity index (χ4n) is 3.12. The third-order valence-corrected chi connectivity index (χ3v) is 4.10. The third-order valence-electron chi connectivity index (χ3n) is 4.10. The van der Waals surface area contributed by atoms with Crippen molar-refractivity contribution in [2.24, 2.45) is 5.84 Å². The number of para-hydroxylation sites is 1. The number of amides is 1. The van der Waals surface area contributed by atoms with Crippen molar-refractivity contribution in [2.75, 3.05) is 0 Å². The van der Waals surface area contributed by atoms with E-state index in [-0.39, 0.29) is 24.3 Å². The van der Waals surface area contributed by atoms with Crippen molar-refractivity contribution in [3.63, 3.8) is 0 Å². The SMILES string of the molecule is Cl.NNC(=O)c1nc(=O)c2ccccc2n1C1CCCCC1. The maximum atomic E-state index is 12.1. The van der Waals surface area contributed by atoms with Gasteiger partial charge in [0.15, 0.2) is 0 Å². The summed E-state index contributed by atoms with van der Waals surface area (Å²) in [4.78, 5) is 28.1. The molecule has 1 aromatic heterocycles. The number of carbonyl (C=O) groups is 1. The van der Waals surface area contributed by atoms with Crippen molar-refractivity contribution in [3.8, 4) is 0 Å². The van der Waals surface area contributed by atoms with E-state index in [0.29, 0.717) is 5.39 Å². The first-order chi connectivity index (χ1) is 10.2. The van der Waals surface area contributed by atoms with Gasteiger partial charge in [0.25, 0.3) is 5.56 Å². The van der Waals surface area contributed by atoms with Crippen LogP contribution in [0.4, 0.5) is 0 Å². The molecule has 2 aromatic rings. The van der Waals surface area contributed by atoms with Crippen molar-refractivity contribution in [3.05, 3.63) is 40.4 Å². The molecule has 3 N–H and O–H groups in total. The molecule has 1 heterocycles. The van der Waals surface area contributed by atoms with Crippen LogP contribution in [-0.4, -0.2) is 15.5 Å². The monoisotopic (exact) mass is 322 g/mol. The first-order valence-corrected chi connectivity index (χ1v) is 7.24. The number of nitrogen functional groups attached to an aromatic ring is 1. The van der Waals surface area contributed by atoms with E-state index in [1.54, 1.807) is 12.1 Å². The molecule has 1 saturated carbocycles. The predicted octanol–water partition coefficient (Wildman–Crippen LogP) is 1.93. The van der Waals surface area contributed by atoms with Crippen molar-refractivity contribution in [2.45, 2.75) is 38.1 Å². The molecule has 0 aliphatic heterocycles. The van der Waals surface area contributed by atoms with E-state index >= 15 is 0 Å². The number of hydrogen-bond donors (Lipinski definition) is 2. The van der Waals surface area contributed by atoms with E-state index in [1.165, 1.54) is 6.42 Å². The molecule has 1 aliphatic rings. The van der Waals surface area contributed by atoms with Crippen LogP contribution in [0.3, 0.4) is 0 Å². The fraction of sp³-hybridized carbons (Fsp3) is 0.400. The third kappa shape index (κ3) is 2.84. The van der Waals surface area contributed by atoms with Gasteiger partial charge in [-0.05, 0) is 25.0 Å². The lowest BCUT2D eigenvalue weighted by molar-refractivity contribution is 0.0933. The van der Waals surface area contributed by atoms with Crippen molar-refractivity contribution < 1.29 is 4.79 Å². The van der Waals surface area contributed by atoms with E-state index in [9.17, 15) is 9.59 Å². The summed E-state index contributed by atoms with van der Waals surface area (Å²) in [6, 6.07) is 7.46. The van der Waals surface area contributed by atoms with Crippen LogP contribution < -0.4 is 16.8 Å². The molecule has 1 amide bonds. The van der Waals surface area contributed by atoms with E-state index in [4.69, 9.17) is 5.84 Å². The maximum Gasteiger partial charge on any atom is 0.301 e. The van der Waals surface area contributed by atoms with E-state index < -0.39 is 11.5 Å². The topological polar surface area (TPSA) is 90.0 Å². The van der Waals surface area contributed by atoms with Crippen molar-refractivity contribution in [1.82, 2.24) is 15.0 Å². The first-order valence-electron chi connectivity index (χ1n) is 7.24. The van der Waals surface area contributed by atoms with Gasteiger partial charge in [-0.2, -0.15) is 4.98 Å². The van der Waals surface area contributed by atoms with E-state index in [1.807, 2.05) is 16.7 Å². The Morgan fingerprint density at radius 1 is 1.23 bits per heavy atom. The highest BCUT2D eigenvalue weighted by atomic mass is 35.5. The van der Waals surface area contributed by atoms with Crippen molar-refractivity contribution >= 4 is 29.2 Å². The van der Waals surface area contributed by atoms with Crippen LogP contribution in [0.2, 0.25) is 0 Å². The summed E-state index contributed by atoms with van der Waals surface area (Å²) in [6.07, 6.45) is 5.42. The number of carbonyl (C=O) groups excluding carboxylic acids is 1. The minimum Gasteiger partial charge on any atom is -0.318 e. The molecule has 0 radical (unpaired) electrons. The molecular weight excluding hydrogens is 304 g/mol. The quantitative estimate of drug-likeness (QED) is 0.502. The number of halogens is 1. The van der Waals surface area contributed by atoms with Gasteiger partial charge in [0.05, 0.1) is 10.9 Å². The van der Waals surface area contributed by atoms with Gasteiger partial charge < -0.3 is 4.57 Å². The van der Waals surface area contributed by atoms with E-state index in [2.05, 4.69) is 10.4 Å². The van der Waals surface area contributed by atoms with Gasteiger partial charge in [-0.15, -0.1) is 12.4 Å². The van der Waals surface area contributed by atoms with Gasteiger partial charge in [0, 0.05) is 6.04 Å². The van der Waals surface area contributed by atoms with Gasteiger partial charge in [-0.1, -0.05) is 31.4 Å². The lowest BCUT2D eigenvalue weighted by atomic mass is 9.94. The summed E-state index contributed by atoms with van der Waals surface area (Å²) in [5.41, 5.74) is 2.45. The molecule has 0 spiro atoms. The molecule has 0 bridgehead atoms. The minimum atomic E-state index is -0.525. The Hall–Kier alpha value is -1.92. The number of nitrogens with one attached hydrogen (secondary N) is 1. The Morgan fingerprint density at radius 3 is 2.59 bits per heavy atom. The van der Waals surface area contributed by atoms with Crippen LogP contribution in [0.25, 0.3) is 10.9 Å². The molecule has 1 aliphatic carbocycles. The zero-order valence-corrected chi connectivity index (χ0v) is 12.9. The predicted molar refractivity (Wildman–Crippen MR) is 87.0 cm³/mol. The molecule has 0 saturated heterocycles. The van der Waals surface area contributed by atoms with Crippen LogP contribution in [-0.2, 0) is 0 Å². The molecule has 0 unspecified atom stereocenters. The van der Waals surface area contributed by atoms with Gasteiger partial charge in [0.1, 0.15) is 0 Å².